The van der Waals surface area contributed by atoms with Crippen molar-refractivity contribution in [3.63, 3.8) is 0 Å². The third kappa shape index (κ3) is 6.23. The molecule has 0 bridgehead atoms. The minimum Gasteiger partial charge on any atom is -0.447 e. The fourth-order valence-corrected chi connectivity index (χ4v) is 5.50. The van der Waals surface area contributed by atoms with Crippen molar-refractivity contribution in [3.8, 4) is 0 Å². The number of morpholine rings is 1. The van der Waals surface area contributed by atoms with Crippen LogP contribution in [0.4, 0.5) is 17.3 Å². The molecule has 3 amide bonds. The number of aromatic nitrogens is 2. The third-order valence-corrected chi connectivity index (χ3v) is 7.54. The van der Waals surface area contributed by atoms with E-state index in [4.69, 9.17) is 9.15 Å². The number of carbonyl (C=O) groups excluding carboxylic acids is 3. The number of hydrogen-bond donors (Lipinski definition) is 3. The van der Waals surface area contributed by atoms with Crippen LogP contribution >= 0.6 is 0 Å². The Balaban J connectivity index is 1.39. The first kappa shape index (κ1) is 27.5. The summed E-state index contributed by atoms with van der Waals surface area (Å²) in [6, 6.07) is 6.35. The molecule has 0 atom stereocenters. The van der Waals surface area contributed by atoms with Crippen molar-refractivity contribution in [2.24, 2.45) is 5.92 Å². The van der Waals surface area contributed by atoms with Crippen LogP contribution in [0.5, 0.6) is 0 Å². The molecular weight excluding hydrogens is 540 g/mol. The van der Waals surface area contributed by atoms with E-state index in [-0.39, 0.29) is 64.6 Å². The molecule has 40 heavy (non-hydrogen) atoms. The van der Waals surface area contributed by atoms with Crippen LogP contribution in [0, 0.1) is 12.8 Å². The van der Waals surface area contributed by atoms with Crippen molar-refractivity contribution in [1.82, 2.24) is 14.9 Å². The van der Waals surface area contributed by atoms with Gasteiger partial charge in [0.1, 0.15) is 29.4 Å². The predicted molar refractivity (Wildman–Crippen MR) is 146 cm³/mol. The topological polar surface area (TPSA) is 173 Å². The highest BCUT2D eigenvalue weighted by Gasteiger charge is 2.34. The smallest absolute Gasteiger partial charge is 0.294 e. The maximum atomic E-state index is 13.4. The summed E-state index contributed by atoms with van der Waals surface area (Å²) in [6.45, 7) is 3.00. The van der Waals surface area contributed by atoms with Crippen molar-refractivity contribution in [3.05, 3.63) is 41.8 Å². The number of furan rings is 1. The van der Waals surface area contributed by atoms with Crippen LogP contribution in [0.25, 0.3) is 11.1 Å². The van der Waals surface area contributed by atoms with E-state index in [9.17, 15) is 22.8 Å². The Hall–Kier alpha value is -4.04. The van der Waals surface area contributed by atoms with E-state index in [1.807, 2.05) is 11.8 Å². The lowest BCUT2D eigenvalue weighted by Gasteiger charge is -2.38. The quantitative estimate of drug-likeness (QED) is 0.386. The average molecular weight is 571 g/mol. The molecule has 1 saturated heterocycles. The first-order chi connectivity index (χ1) is 19.1. The van der Waals surface area contributed by atoms with Gasteiger partial charge in [0, 0.05) is 24.7 Å². The minimum atomic E-state index is -3.63. The van der Waals surface area contributed by atoms with E-state index in [1.54, 1.807) is 18.3 Å². The third-order valence-electron chi connectivity index (χ3n) is 6.96. The predicted octanol–water partition coefficient (Wildman–Crippen LogP) is 2.51. The van der Waals surface area contributed by atoms with Gasteiger partial charge in [-0.25, -0.2) is 18.4 Å². The number of amides is 3. The highest BCUT2D eigenvalue weighted by atomic mass is 32.2. The van der Waals surface area contributed by atoms with Gasteiger partial charge < -0.3 is 24.7 Å². The van der Waals surface area contributed by atoms with Gasteiger partial charge in [-0.05, 0) is 56.4 Å². The van der Waals surface area contributed by atoms with Crippen molar-refractivity contribution in [1.29, 1.82) is 0 Å². The lowest BCUT2D eigenvalue weighted by molar-refractivity contribution is -0.146. The molecule has 13 nitrogen and oxygen atoms in total. The highest BCUT2D eigenvalue weighted by Crippen LogP contribution is 2.34. The molecule has 0 radical (unpaired) electrons. The monoisotopic (exact) mass is 570 g/mol. The maximum Gasteiger partial charge on any atom is 0.294 e. The molecule has 14 heteroatoms. The normalized spacial score (nSPS) is 19.9. The molecule has 1 aliphatic carbocycles. The molecule has 3 N–H and O–H groups in total. The van der Waals surface area contributed by atoms with Crippen LogP contribution in [0.2, 0.25) is 0 Å². The Bertz CT molecular complexity index is 1550. The number of nitrogens with zero attached hydrogens (tertiary/aromatic N) is 3. The maximum absolute atomic E-state index is 13.4. The first-order valence-electron chi connectivity index (χ1n) is 12.9. The van der Waals surface area contributed by atoms with Crippen molar-refractivity contribution in [2.45, 2.75) is 38.6 Å². The number of rotatable bonds is 7. The van der Waals surface area contributed by atoms with Gasteiger partial charge in [-0.3, -0.25) is 19.1 Å². The number of fused-ring (bicyclic) bond motifs is 1. The van der Waals surface area contributed by atoms with Gasteiger partial charge in [-0.1, -0.05) is 6.07 Å². The second-order valence-corrected chi connectivity index (χ2v) is 11.8. The number of hydrogen-bond acceptors (Lipinski definition) is 9. The van der Waals surface area contributed by atoms with E-state index >= 15 is 0 Å². The Morgan fingerprint density at radius 2 is 1.80 bits per heavy atom. The van der Waals surface area contributed by atoms with Crippen LogP contribution in [0.1, 0.15) is 41.8 Å². The summed E-state index contributed by atoms with van der Waals surface area (Å²) < 4.78 is 36.8. The molecule has 3 aromatic rings. The Morgan fingerprint density at radius 3 is 2.48 bits per heavy atom. The second kappa shape index (κ2) is 11.2. The van der Waals surface area contributed by atoms with Crippen LogP contribution in [0.15, 0.2) is 34.9 Å². The second-order valence-electron chi connectivity index (χ2n) is 10.0. The van der Waals surface area contributed by atoms with Gasteiger partial charge in [-0.2, -0.15) is 0 Å². The van der Waals surface area contributed by atoms with Gasteiger partial charge >= 0.3 is 0 Å². The summed E-state index contributed by atoms with van der Waals surface area (Å²) in [5, 5.41) is 5.47. The first-order valence-corrected chi connectivity index (χ1v) is 14.8. The Kier molecular flexibility index (Phi) is 7.72. The summed E-state index contributed by atoms with van der Waals surface area (Å²) in [6.07, 6.45) is 5.04. The zero-order valence-corrected chi connectivity index (χ0v) is 22.9. The lowest BCUT2D eigenvalue weighted by atomic mass is 9.84. The molecule has 0 aromatic carbocycles. The van der Waals surface area contributed by atoms with E-state index in [2.05, 4.69) is 25.3 Å². The van der Waals surface area contributed by atoms with Gasteiger partial charge in [0.05, 0.1) is 12.9 Å². The summed E-state index contributed by atoms with van der Waals surface area (Å²) in [4.78, 5) is 49.2. The Morgan fingerprint density at radius 1 is 1.05 bits per heavy atom. The van der Waals surface area contributed by atoms with Crippen LogP contribution in [-0.4, -0.2) is 73.1 Å². The van der Waals surface area contributed by atoms with E-state index in [1.165, 1.54) is 12.1 Å². The number of carbonyl (C=O) groups is 3. The molecule has 4 heterocycles. The number of ether oxygens (including phenoxy) is 1. The molecule has 3 aromatic heterocycles. The number of nitrogens with one attached hydrogen (secondary N) is 3. The van der Waals surface area contributed by atoms with E-state index in [0.717, 1.165) is 11.8 Å². The van der Waals surface area contributed by atoms with Crippen molar-refractivity contribution in [2.75, 3.05) is 41.4 Å². The number of pyridine rings is 2. The molecule has 2 aliphatic rings. The average Bonchev–Trinajstić information content (AvgIpc) is 3.27. The molecule has 5 rings (SSSR count). The zero-order chi connectivity index (χ0) is 28.4. The summed E-state index contributed by atoms with van der Waals surface area (Å²) in [7, 11) is -3.63. The zero-order valence-electron chi connectivity index (χ0n) is 22.1. The Labute approximate surface area is 230 Å². The number of aryl methyl sites for hydroxylation is 1. The van der Waals surface area contributed by atoms with E-state index in [0.29, 0.717) is 38.8 Å². The van der Waals surface area contributed by atoms with Crippen LogP contribution in [0.3, 0.4) is 0 Å². The van der Waals surface area contributed by atoms with Crippen molar-refractivity contribution < 1.29 is 32.0 Å². The largest absolute Gasteiger partial charge is 0.447 e. The highest BCUT2D eigenvalue weighted by molar-refractivity contribution is 7.92. The minimum absolute atomic E-state index is 0.00847. The standard InChI is InChI=1S/C26H30N6O7S/c1-15-3-9-19(27-13-15)29-26(35)24-23(22-18(39-24)8-10-20(28-22)31-40(2,36)37)30-25(34)16-4-6-17(7-5-16)32-11-12-38-14-21(32)33/h3,8-10,13,16-17H,4-7,11-12,14H2,1-2H3,(H,28,31)(H,30,34)(H,27,29,35). The number of anilines is 3. The van der Waals surface area contributed by atoms with Gasteiger partial charge in [-0.15, -0.1) is 0 Å². The summed E-state index contributed by atoms with van der Waals surface area (Å²) >= 11 is 0. The SMILES string of the molecule is Cc1ccc(NC(=O)c2oc3ccc(NS(C)(=O)=O)nc3c2NC(=O)C2CCC(N3CCOCC3=O)CC2)nc1. The molecule has 2 fully saturated rings. The number of sulfonamides is 1. The molecule has 0 unspecified atom stereocenters. The van der Waals surface area contributed by atoms with Crippen LogP contribution in [-0.2, 0) is 24.3 Å². The van der Waals surface area contributed by atoms with Crippen LogP contribution < -0.4 is 15.4 Å². The fraction of sp³-hybridized carbons (Fsp3) is 0.423. The van der Waals surface area contributed by atoms with Gasteiger partial charge in [0.25, 0.3) is 5.91 Å². The molecule has 0 spiro atoms. The van der Waals surface area contributed by atoms with Gasteiger partial charge in [0.15, 0.2) is 5.58 Å². The van der Waals surface area contributed by atoms with Gasteiger partial charge in [0.2, 0.25) is 27.6 Å². The molecule has 1 aliphatic heterocycles. The lowest BCUT2D eigenvalue weighted by Crippen LogP contribution is -2.49. The summed E-state index contributed by atoms with van der Waals surface area (Å²) in [5.74, 6) is -1.26. The fourth-order valence-electron chi connectivity index (χ4n) is 5.00. The summed E-state index contributed by atoms with van der Waals surface area (Å²) in [5.41, 5.74) is 1.26. The van der Waals surface area contributed by atoms with Crippen molar-refractivity contribution >= 4 is 56.2 Å². The molecule has 212 valence electrons. The van der Waals surface area contributed by atoms with E-state index < -0.39 is 15.9 Å². The molecular formula is C26H30N6O7S. The molecule has 1 saturated carbocycles.